The number of aryl methyl sites for hydroxylation is 1. The molecule has 0 aliphatic carbocycles. The van der Waals surface area contributed by atoms with Crippen LogP contribution in [0.5, 0.6) is 17.2 Å². The van der Waals surface area contributed by atoms with Crippen molar-refractivity contribution in [2.24, 2.45) is 0 Å². The van der Waals surface area contributed by atoms with Crippen LogP contribution in [0.4, 0.5) is 0 Å². The lowest BCUT2D eigenvalue weighted by molar-refractivity contribution is 0.0730. The summed E-state index contributed by atoms with van der Waals surface area (Å²) in [7, 11) is 1.64. The first kappa shape index (κ1) is 20.4. The zero-order valence-electron chi connectivity index (χ0n) is 18.9. The molecule has 34 heavy (non-hydrogen) atoms. The van der Waals surface area contributed by atoms with Crippen LogP contribution in [-0.4, -0.2) is 34.9 Å². The SMILES string of the molecule is COc1ccc(C2c3c(-c4ccc(C)cc4)n[nH]c3C(=O)N2Cc2ccc3c(c2)OCO3)cc1. The molecule has 2 aliphatic rings. The van der Waals surface area contributed by atoms with Crippen molar-refractivity contribution in [1.82, 2.24) is 15.1 Å². The fourth-order valence-corrected chi connectivity index (χ4v) is 4.66. The lowest BCUT2D eigenvalue weighted by atomic mass is 9.95. The molecule has 7 nitrogen and oxygen atoms in total. The Kier molecular flexibility index (Phi) is 4.76. The molecule has 3 heterocycles. The first-order chi connectivity index (χ1) is 16.6. The fraction of sp³-hybridized carbons (Fsp3) is 0.185. The molecule has 170 valence electrons. The van der Waals surface area contributed by atoms with Gasteiger partial charge in [0.25, 0.3) is 5.91 Å². The van der Waals surface area contributed by atoms with Gasteiger partial charge in [-0.2, -0.15) is 5.10 Å². The predicted octanol–water partition coefficient (Wildman–Crippen LogP) is 4.87. The van der Waals surface area contributed by atoms with Crippen molar-refractivity contribution in [3.05, 3.63) is 94.7 Å². The van der Waals surface area contributed by atoms with Crippen LogP contribution >= 0.6 is 0 Å². The Labute approximate surface area is 196 Å². The molecule has 0 bridgehead atoms. The largest absolute Gasteiger partial charge is 0.497 e. The number of nitrogens with one attached hydrogen (secondary N) is 1. The van der Waals surface area contributed by atoms with Crippen molar-refractivity contribution in [3.63, 3.8) is 0 Å². The van der Waals surface area contributed by atoms with Crippen LogP contribution in [0.2, 0.25) is 0 Å². The van der Waals surface area contributed by atoms with Crippen molar-refractivity contribution in [3.8, 4) is 28.5 Å². The van der Waals surface area contributed by atoms with E-state index in [-0.39, 0.29) is 18.7 Å². The monoisotopic (exact) mass is 453 g/mol. The minimum Gasteiger partial charge on any atom is -0.497 e. The van der Waals surface area contributed by atoms with Crippen LogP contribution < -0.4 is 14.2 Å². The van der Waals surface area contributed by atoms with Crippen molar-refractivity contribution in [1.29, 1.82) is 0 Å². The van der Waals surface area contributed by atoms with E-state index in [9.17, 15) is 4.79 Å². The van der Waals surface area contributed by atoms with Crippen molar-refractivity contribution < 1.29 is 19.0 Å². The molecular formula is C27H23N3O4. The maximum absolute atomic E-state index is 13.6. The first-order valence-corrected chi connectivity index (χ1v) is 11.1. The third-order valence-corrected chi connectivity index (χ3v) is 6.41. The summed E-state index contributed by atoms with van der Waals surface area (Å²) in [5.74, 6) is 2.10. The molecule has 0 saturated heterocycles. The number of nitrogens with zero attached hydrogens (tertiary/aromatic N) is 2. The van der Waals surface area contributed by atoms with Crippen LogP contribution in [0.1, 0.15) is 38.8 Å². The summed E-state index contributed by atoms with van der Waals surface area (Å²) in [5, 5.41) is 7.57. The summed E-state index contributed by atoms with van der Waals surface area (Å²) in [6.45, 7) is 2.68. The zero-order chi connectivity index (χ0) is 23.2. The van der Waals surface area contributed by atoms with Gasteiger partial charge in [0.05, 0.1) is 18.8 Å². The smallest absolute Gasteiger partial charge is 0.273 e. The number of hydrogen-bond donors (Lipinski definition) is 1. The van der Waals surface area contributed by atoms with Gasteiger partial charge in [0, 0.05) is 17.7 Å². The van der Waals surface area contributed by atoms with Crippen molar-refractivity contribution >= 4 is 5.91 Å². The summed E-state index contributed by atoms with van der Waals surface area (Å²) in [6.07, 6.45) is 0. The molecule has 1 N–H and O–H groups in total. The molecule has 4 aromatic rings. The van der Waals surface area contributed by atoms with E-state index in [1.54, 1.807) is 7.11 Å². The normalized spacial score (nSPS) is 16.1. The Hall–Kier alpha value is -4.26. The van der Waals surface area contributed by atoms with Gasteiger partial charge < -0.3 is 19.1 Å². The highest BCUT2D eigenvalue weighted by atomic mass is 16.7. The van der Waals surface area contributed by atoms with Crippen molar-refractivity contribution in [2.45, 2.75) is 19.5 Å². The minimum atomic E-state index is -0.297. The minimum absolute atomic E-state index is 0.0839. The van der Waals surface area contributed by atoms with E-state index in [0.717, 1.165) is 39.4 Å². The van der Waals surface area contributed by atoms with E-state index in [1.807, 2.05) is 59.5 Å². The first-order valence-electron chi connectivity index (χ1n) is 11.1. The maximum Gasteiger partial charge on any atom is 0.273 e. The van der Waals surface area contributed by atoms with E-state index in [0.29, 0.717) is 18.0 Å². The molecule has 0 radical (unpaired) electrons. The molecular weight excluding hydrogens is 430 g/mol. The van der Waals surface area contributed by atoms with Gasteiger partial charge in [-0.3, -0.25) is 9.89 Å². The highest BCUT2D eigenvalue weighted by Crippen LogP contribution is 2.44. The highest BCUT2D eigenvalue weighted by Gasteiger charge is 2.42. The highest BCUT2D eigenvalue weighted by molar-refractivity contribution is 6.00. The molecule has 6 rings (SSSR count). The van der Waals surface area contributed by atoms with Gasteiger partial charge in [0.2, 0.25) is 6.79 Å². The number of hydrogen-bond acceptors (Lipinski definition) is 5. The number of amides is 1. The van der Waals surface area contributed by atoms with Crippen LogP contribution in [0, 0.1) is 6.92 Å². The molecule has 0 saturated carbocycles. The Morgan fingerprint density at radius 3 is 2.56 bits per heavy atom. The van der Waals surface area contributed by atoms with Crippen LogP contribution in [0.25, 0.3) is 11.3 Å². The molecule has 1 atom stereocenters. The molecule has 3 aromatic carbocycles. The van der Waals surface area contributed by atoms with E-state index in [1.165, 1.54) is 5.56 Å². The van der Waals surface area contributed by atoms with Gasteiger partial charge in [0.1, 0.15) is 11.4 Å². The van der Waals surface area contributed by atoms with Gasteiger partial charge >= 0.3 is 0 Å². The second kappa shape index (κ2) is 7.95. The van der Waals surface area contributed by atoms with Crippen molar-refractivity contribution in [2.75, 3.05) is 13.9 Å². The Morgan fingerprint density at radius 1 is 1.03 bits per heavy atom. The average Bonchev–Trinajstić information content (AvgIpc) is 3.57. The fourth-order valence-electron chi connectivity index (χ4n) is 4.66. The molecule has 0 spiro atoms. The third-order valence-electron chi connectivity index (χ3n) is 6.41. The van der Waals surface area contributed by atoms with Gasteiger partial charge in [-0.25, -0.2) is 0 Å². The van der Waals surface area contributed by atoms with E-state index in [4.69, 9.17) is 14.2 Å². The number of benzene rings is 3. The third kappa shape index (κ3) is 3.28. The number of H-pyrrole nitrogens is 1. The second-order valence-electron chi connectivity index (χ2n) is 8.52. The molecule has 1 amide bonds. The van der Waals surface area contributed by atoms with E-state index < -0.39 is 0 Å². The number of aromatic amines is 1. The predicted molar refractivity (Wildman–Crippen MR) is 126 cm³/mol. The molecule has 0 fully saturated rings. The number of carbonyl (C=O) groups excluding carboxylic acids is 1. The molecule has 7 heteroatoms. The van der Waals surface area contributed by atoms with Gasteiger partial charge in [0.15, 0.2) is 11.5 Å². The summed E-state index contributed by atoms with van der Waals surface area (Å²) in [5.41, 5.74) is 6.30. The quantitative estimate of drug-likeness (QED) is 0.467. The van der Waals surface area contributed by atoms with Gasteiger partial charge in [-0.05, 0) is 42.3 Å². The summed E-state index contributed by atoms with van der Waals surface area (Å²) in [6, 6.07) is 21.5. The standard InChI is InChI=1S/C27H23N3O4/c1-16-3-6-18(7-4-16)24-23-25(29-28-24)27(31)30(26(23)19-8-10-20(32-2)11-9-19)14-17-5-12-21-22(13-17)34-15-33-21/h3-13,26H,14-15H2,1-2H3,(H,28,29). The van der Waals surface area contributed by atoms with Crippen LogP contribution in [0.3, 0.4) is 0 Å². The maximum atomic E-state index is 13.6. The average molecular weight is 453 g/mol. The van der Waals surface area contributed by atoms with E-state index in [2.05, 4.69) is 29.3 Å². The summed E-state index contributed by atoms with van der Waals surface area (Å²) < 4.78 is 16.3. The summed E-state index contributed by atoms with van der Waals surface area (Å²) in [4.78, 5) is 15.5. The lowest BCUT2D eigenvalue weighted by Crippen LogP contribution is -2.29. The summed E-state index contributed by atoms with van der Waals surface area (Å²) >= 11 is 0. The molecule has 1 unspecified atom stereocenters. The van der Waals surface area contributed by atoms with Crippen LogP contribution in [-0.2, 0) is 6.54 Å². The number of fused-ring (bicyclic) bond motifs is 2. The number of carbonyl (C=O) groups is 1. The topological polar surface area (TPSA) is 76.7 Å². The zero-order valence-corrected chi connectivity index (χ0v) is 18.9. The molecule has 2 aliphatic heterocycles. The number of aromatic nitrogens is 2. The Morgan fingerprint density at radius 2 is 1.79 bits per heavy atom. The van der Waals surface area contributed by atoms with Gasteiger partial charge in [-0.1, -0.05) is 48.0 Å². The van der Waals surface area contributed by atoms with E-state index >= 15 is 0 Å². The number of ether oxygens (including phenoxy) is 3. The van der Waals surface area contributed by atoms with Gasteiger partial charge in [-0.15, -0.1) is 0 Å². The number of methoxy groups -OCH3 is 1. The molecule has 1 aromatic heterocycles. The van der Waals surface area contributed by atoms with Crippen LogP contribution in [0.15, 0.2) is 66.7 Å². The second-order valence-corrected chi connectivity index (χ2v) is 8.52. The Balaban J connectivity index is 1.45. The Bertz CT molecular complexity index is 1380. The number of rotatable bonds is 5. The lowest BCUT2D eigenvalue weighted by Gasteiger charge is -2.26.